The summed E-state index contributed by atoms with van der Waals surface area (Å²) in [5.41, 5.74) is 0.239. The molecule has 3 heterocycles. The lowest BCUT2D eigenvalue weighted by Gasteiger charge is -2.17. The van der Waals surface area contributed by atoms with Gasteiger partial charge in [0.2, 0.25) is 5.56 Å². The number of aryl methyl sites for hydroxylation is 2. The van der Waals surface area contributed by atoms with E-state index in [4.69, 9.17) is 10.1 Å². The topological polar surface area (TPSA) is 105 Å². The lowest BCUT2D eigenvalue weighted by Crippen LogP contribution is -2.26. The highest BCUT2D eigenvalue weighted by Crippen LogP contribution is 2.37. The zero-order valence-corrected chi connectivity index (χ0v) is 19.7. The molecule has 36 heavy (non-hydrogen) atoms. The Balaban J connectivity index is 1.70. The molecule has 12 heteroatoms. The van der Waals surface area contributed by atoms with Crippen LogP contribution in [0, 0.1) is 5.41 Å². The number of nitrogens with zero attached hydrogens (tertiary/aromatic N) is 4. The number of carbonyl (C=O) groups excluding carboxylic acids is 1. The third kappa shape index (κ3) is 5.42. The largest absolute Gasteiger partial charge is 0.463 e. The molecule has 0 radical (unpaired) electrons. The SMILES string of the molecule is CCn1cc(-c2cc(CN3CCOC3=N)cc(C(=O)NCc3ccc(=O)n(C)c3)c2)c(C(F)(F)F)n1. The molecule has 4 rings (SSSR count). The second-order valence-electron chi connectivity index (χ2n) is 8.41. The Morgan fingerprint density at radius 2 is 1.97 bits per heavy atom. The van der Waals surface area contributed by atoms with Crippen LogP contribution in [-0.2, 0) is 37.6 Å². The van der Waals surface area contributed by atoms with Gasteiger partial charge in [0.15, 0.2) is 5.69 Å². The first-order valence-electron chi connectivity index (χ1n) is 11.2. The Morgan fingerprint density at radius 3 is 2.61 bits per heavy atom. The third-order valence-electron chi connectivity index (χ3n) is 5.78. The van der Waals surface area contributed by atoms with Gasteiger partial charge in [-0.3, -0.25) is 19.7 Å². The maximum Gasteiger partial charge on any atom is 0.435 e. The molecule has 0 bridgehead atoms. The second-order valence-corrected chi connectivity index (χ2v) is 8.41. The number of ether oxygens (including phenoxy) is 1. The van der Waals surface area contributed by atoms with Crippen molar-refractivity contribution < 1.29 is 22.7 Å². The highest BCUT2D eigenvalue weighted by molar-refractivity contribution is 5.95. The monoisotopic (exact) mass is 502 g/mol. The van der Waals surface area contributed by atoms with Crippen molar-refractivity contribution in [1.82, 2.24) is 24.6 Å². The first-order valence-corrected chi connectivity index (χ1v) is 11.2. The molecule has 1 fully saturated rings. The molecule has 0 unspecified atom stereocenters. The number of halogens is 3. The minimum Gasteiger partial charge on any atom is -0.463 e. The summed E-state index contributed by atoms with van der Waals surface area (Å²) in [4.78, 5) is 26.3. The predicted molar refractivity (Wildman–Crippen MR) is 125 cm³/mol. The van der Waals surface area contributed by atoms with Crippen molar-refractivity contribution in [1.29, 1.82) is 5.41 Å². The van der Waals surface area contributed by atoms with E-state index in [0.717, 1.165) is 0 Å². The van der Waals surface area contributed by atoms with Crippen LogP contribution in [0.5, 0.6) is 0 Å². The number of aromatic nitrogens is 3. The van der Waals surface area contributed by atoms with Crippen molar-refractivity contribution >= 4 is 11.9 Å². The number of carbonyl (C=O) groups is 1. The summed E-state index contributed by atoms with van der Waals surface area (Å²) in [6.07, 6.45) is -1.77. The van der Waals surface area contributed by atoms with Crippen molar-refractivity contribution in [3.8, 4) is 11.1 Å². The fraction of sp³-hybridized carbons (Fsp3) is 0.333. The van der Waals surface area contributed by atoms with Crippen molar-refractivity contribution in [3.63, 3.8) is 0 Å². The van der Waals surface area contributed by atoms with E-state index in [9.17, 15) is 22.8 Å². The zero-order chi connectivity index (χ0) is 26.0. The summed E-state index contributed by atoms with van der Waals surface area (Å²) in [5, 5.41) is 14.3. The zero-order valence-electron chi connectivity index (χ0n) is 19.7. The third-order valence-corrected chi connectivity index (χ3v) is 5.78. The Bertz CT molecular complexity index is 1360. The highest BCUT2D eigenvalue weighted by atomic mass is 19.4. The van der Waals surface area contributed by atoms with Crippen LogP contribution in [0.15, 0.2) is 47.5 Å². The number of nitrogens with one attached hydrogen (secondary N) is 2. The number of rotatable bonds is 7. The molecule has 1 saturated heterocycles. The van der Waals surface area contributed by atoms with Gasteiger partial charge in [-0.15, -0.1) is 0 Å². The number of hydrogen-bond acceptors (Lipinski definition) is 5. The number of benzene rings is 1. The average molecular weight is 502 g/mol. The number of amides is 1. The van der Waals surface area contributed by atoms with Gasteiger partial charge in [-0.25, -0.2) is 0 Å². The summed E-state index contributed by atoms with van der Waals surface area (Å²) < 4.78 is 49.0. The molecular weight excluding hydrogens is 477 g/mol. The first-order chi connectivity index (χ1) is 17.0. The van der Waals surface area contributed by atoms with Crippen LogP contribution in [0.4, 0.5) is 13.2 Å². The summed E-state index contributed by atoms with van der Waals surface area (Å²) in [6, 6.07) is 7.51. The van der Waals surface area contributed by atoms with Gasteiger partial charge in [0.05, 0.1) is 6.54 Å². The Hall–Kier alpha value is -4.09. The van der Waals surface area contributed by atoms with Crippen molar-refractivity contribution in [2.75, 3.05) is 13.2 Å². The van der Waals surface area contributed by atoms with Crippen molar-refractivity contribution in [2.45, 2.75) is 32.7 Å². The fourth-order valence-corrected chi connectivity index (χ4v) is 3.93. The van der Waals surface area contributed by atoms with Gasteiger partial charge in [0, 0.05) is 56.3 Å². The summed E-state index contributed by atoms with van der Waals surface area (Å²) in [6.45, 7) is 3.05. The molecule has 2 aromatic heterocycles. The van der Waals surface area contributed by atoms with E-state index in [-0.39, 0.29) is 47.9 Å². The minimum absolute atomic E-state index is 0.0316. The van der Waals surface area contributed by atoms with E-state index in [2.05, 4.69) is 10.4 Å². The molecule has 0 aliphatic carbocycles. The Labute approximate surface area is 204 Å². The molecule has 0 atom stereocenters. The first kappa shape index (κ1) is 25.0. The molecule has 9 nitrogen and oxygen atoms in total. The van der Waals surface area contributed by atoms with Gasteiger partial charge >= 0.3 is 6.18 Å². The maximum absolute atomic E-state index is 13.8. The molecule has 3 aromatic rings. The fourth-order valence-electron chi connectivity index (χ4n) is 3.93. The van der Waals surface area contributed by atoms with E-state index < -0.39 is 17.8 Å². The maximum atomic E-state index is 13.8. The summed E-state index contributed by atoms with van der Waals surface area (Å²) in [7, 11) is 1.59. The molecule has 0 spiro atoms. The van der Waals surface area contributed by atoms with Gasteiger partial charge in [-0.2, -0.15) is 18.3 Å². The van der Waals surface area contributed by atoms with Gasteiger partial charge < -0.3 is 19.5 Å². The highest BCUT2D eigenvalue weighted by Gasteiger charge is 2.37. The van der Waals surface area contributed by atoms with Crippen LogP contribution in [0.2, 0.25) is 0 Å². The normalized spacial score (nSPS) is 13.7. The summed E-state index contributed by atoms with van der Waals surface area (Å²) >= 11 is 0. The standard InChI is InChI=1S/C24H25F3N6O3/c1-3-33-14-19(21(30-33)24(25,26)27)17-8-16(13-32-6-7-36-23(32)28)9-18(10-17)22(35)29-11-15-4-5-20(34)31(2)12-15/h4-5,8-10,12,14,28H,3,6-7,11,13H2,1-2H3,(H,29,35). The Morgan fingerprint density at radius 1 is 1.19 bits per heavy atom. The molecular formula is C24H25F3N6O3. The number of hydrogen-bond donors (Lipinski definition) is 2. The van der Waals surface area contributed by atoms with Gasteiger partial charge in [0.1, 0.15) is 6.61 Å². The smallest absolute Gasteiger partial charge is 0.435 e. The number of pyridine rings is 1. The van der Waals surface area contributed by atoms with Crippen LogP contribution >= 0.6 is 0 Å². The van der Waals surface area contributed by atoms with Crippen LogP contribution in [0.1, 0.15) is 34.1 Å². The van der Waals surface area contributed by atoms with Crippen LogP contribution in [0.3, 0.4) is 0 Å². The van der Waals surface area contributed by atoms with Crippen molar-refractivity contribution in [3.05, 3.63) is 75.5 Å². The lowest BCUT2D eigenvalue weighted by atomic mass is 9.99. The number of amidine groups is 1. The molecule has 1 aliphatic heterocycles. The molecule has 1 aliphatic rings. The van der Waals surface area contributed by atoms with E-state index in [1.165, 1.54) is 27.6 Å². The minimum atomic E-state index is -4.68. The van der Waals surface area contributed by atoms with Crippen molar-refractivity contribution in [2.24, 2.45) is 7.05 Å². The average Bonchev–Trinajstić information content (AvgIpc) is 3.46. The summed E-state index contributed by atoms with van der Waals surface area (Å²) in [5.74, 6) is -0.490. The van der Waals surface area contributed by atoms with E-state index in [1.807, 2.05) is 0 Å². The Kier molecular flexibility index (Phi) is 6.86. The lowest BCUT2D eigenvalue weighted by molar-refractivity contribution is -0.141. The van der Waals surface area contributed by atoms with E-state index in [1.54, 1.807) is 43.3 Å². The molecule has 190 valence electrons. The van der Waals surface area contributed by atoms with Gasteiger partial charge in [-0.05, 0) is 41.8 Å². The van der Waals surface area contributed by atoms with Gasteiger partial charge in [-0.1, -0.05) is 6.07 Å². The predicted octanol–water partition coefficient (Wildman–Crippen LogP) is 2.98. The number of alkyl halides is 3. The molecule has 0 saturated carbocycles. The molecule has 1 aromatic carbocycles. The van der Waals surface area contributed by atoms with Crippen LogP contribution < -0.4 is 10.9 Å². The van der Waals surface area contributed by atoms with Crippen LogP contribution in [0.25, 0.3) is 11.1 Å². The molecule has 2 N–H and O–H groups in total. The molecule has 1 amide bonds. The van der Waals surface area contributed by atoms with E-state index in [0.29, 0.717) is 24.3 Å². The van der Waals surface area contributed by atoms with Gasteiger partial charge in [0.25, 0.3) is 11.9 Å². The van der Waals surface area contributed by atoms with E-state index >= 15 is 0 Å². The van der Waals surface area contributed by atoms with Crippen LogP contribution in [-0.4, -0.2) is 44.3 Å². The second kappa shape index (κ2) is 9.88. The quantitative estimate of drug-likeness (QED) is 0.517.